The molecule has 15 heteroatoms. The van der Waals surface area contributed by atoms with Gasteiger partial charge in [0.25, 0.3) is 15.9 Å². The zero-order valence-electron chi connectivity index (χ0n) is 20.7. The van der Waals surface area contributed by atoms with Crippen LogP contribution in [0.15, 0.2) is 45.9 Å². The van der Waals surface area contributed by atoms with Gasteiger partial charge in [0, 0.05) is 32.0 Å². The molecule has 3 rings (SSSR count). The zero-order chi connectivity index (χ0) is 27.2. The summed E-state index contributed by atoms with van der Waals surface area (Å²) in [5.41, 5.74) is 0. The molecule has 0 spiro atoms. The van der Waals surface area contributed by atoms with Crippen molar-refractivity contribution in [1.82, 2.24) is 15.0 Å². The zero-order valence-corrected chi connectivity index (χ0v) is 25.7. The topological polar surface area (TPSA) is 115 Å². The number of benzene rings is 1. The number of nitrogens with zero attached hydrogens (tertiary/aromatic N) is 4. The Kier molecular flexibility index (Phi) is 10.6. The smallest absolute Gasteiger partial charge is 0.269 e. The van der Waals surface area contributed by atoms with Crippen molar-refractivity contribution in [2.45, 2.75) is 41.7 Å². The number of aliphatic hydroxyl groups excluding tert-OH is 1. The average molecular weight is 624 g/mol. The molecule has 1 unspecified atom stereocenters. The second-order valence-corrected chi connectivity index (χ2v) is 19.2. The molecule has 2 heterocycles. The Labute approximate surface area is 236 Å². The Morgan fingerprint density at radius 3 is 2.65 bits per heavy atom. The van der Waals surface area contributed by atoms with Gasteiger partial charge in [-0.15, -0.1) is 23.1 Å². The van der Waals surface area contributed by atoms with Gasteiger partial charge in [0.05, 0.1) is 23.4 Å². The summed E-state index contributed by atoms with van der Waals surface area (Å²) in [6.45, 7) is 6.66. The largest absolute Gasteiger partial charge is 0.478 e. The molecule has 1 aromatic carbocycles. The molecule has 1 N–H and O–H groups in total. The quantitative estimate of drug-likeness (QED) is 0.113. The molecular formula is C22H28Cl2N4O5S3Si. The molecule has 0 aliphatic heterocycles. The van der Waals surface area contributed by atoms with E-state index in [2.05, 4.69) is 34.6 Å². The molecule has 37 heavy (non-hydrogen) atoms. The summed E-state index contributed by atoms with van der Waals surface area (Å²) in [5, 5.41) is 13.1. The molecular weight excluding hydrogens is 595 g/mol. The number of aromatic nitrogens is 3. The standard InChI is InChI=1S/C22H28Cl2N4O5S3Si/c1-32-21-20(26-12-18(27-21)35-13-16(29)22-25-8-10-34-22)28(14-33-9-11-37(2,3)4)36(30,31)17-7-5-6-15(23)19(17)24/h5-8,10,12,16,29H,9,11,13-14H2,1-4H3. The lowest BCUT2D eigenvalue weighted by molar-refractivity contribution is 0.155. The van der Waals surface area contributed by atoms with Gasteiger partial charge in [-0.3, -0.25) is 0 Å². The van der Waals surface area contributed by atoms with Crippen LogP contribution in [-0.2, 0) is 14.8 Å². The summed E-state index contributed by atoms with van der Waals surface area (Å²) in [5.74, 6) is 0.200. The number of hydrogen-bond donors (Lipinski definition) is 1. The summed E-state index contributed by atoms with van der Waals surface area (Å²) in [4.78, 5) is 12.7. The van der Waals surface area contributed by atoms with E-state index >= 15 is 0 Å². The van der Waals surface area contributed by atoms with E-state index in [0.717, 1.165) is 10.3 Å². The Balaban J connectivity index is 1.91. The number of sulfonamides is 1. The van der Waals surface area contributed by atoms with Crippen molar-refractivity contribution in [3.05, 3.63) is 51.0 Å². The van der Waals surface area contributed by atoms with E-state index in [-0.39, 0.29) is 39.1 Å². The minimum absolute atomic E-state index is 0.0238. The molecule has 0 saturated heterocycles. The lowest BCUT2D eigenvalue weighted by atomic mass is 10.4. The van der Waals surface area contributed by atoms with E-state index in [1.54, 1.807) is 11.6 Å². The molecule has 0 aliphatic rings. The molecule has 0 bridgehead atoms. The van der Waals surface area contributed by atoms with Crippen LogP contribution >= 0.6 is 46.3 Å². The number of hydrogen-bond acceptors (Lipinski definition) is 10. The molecule has 202 valence electrons. The summed E-state index contributed by atoms with van der Waals surface area (Å²) >= 11 is 15.0. The fourth-order valence-electron chi connectivity index (χ4n) is 2.93. The third-order valence-corrected chi connectivity index (χ3v) is 11.2. The first kappa shape index (κ1) is 30.1. The van der Waals surface area contributed by atoms with Crippen molar-refractivity contribution >= 4 is 70.2 Å². The number of thioether (sulfide) groups is 1. The lowest BCUT2D eigenvalue weighted by Gasteiger charge is -2.25. The number of ether oxygens (including phenoxy) is 2. The van der Waals surface area contributed by atoms with Crippen LogP contribution in [0.1, 0.15) is 11.1 Å². The Bertz CT molecular complexity index is 1290. The number of methoxy groups -OCH3 is 1. The minimum Gasteiger partial charge on any atom is -0.478 e. The van der Waals surface area contributed by atoms with Crippen molar-refractivity contribution in [3.8, 4) is 5.88 Å². The number of halogens is 2. The maximum absolute atomic E-state index is 13.7. The van der Waals surface area contributed by atoms with Crippen LogP contribution in [0.2, 0.25) is 35.7 Å². The normalized spacial score (nSPS) is 12.9. The highest BCUT2D eigenvalue weighted by Crippen LogP contribution is 2.36. The Morgan fingerprint density at radius 1 is 1.24 bits per heavy atom. The summed E-state index contributed by atoms with van der Waals surface area (Å²) in [6, 6.07) is 5.22. The molecule has 0 amide bonds. The van der Waals surface area contributed by atoms with Gasteiger partial charge in [-0.25, -0.2) is 27.7 Å². The van der Waals surface area contributed by atoms with Crippen LogP contribution in [0.5, 0.6) is 5.88 Å². The fraction of sp³-hybridized carbons (Fsp3) is 0.409. The first-order valence-electron chi connectivity index (χ1n) is 11.1. The van der Waals surface area contributed by atoms with Crippen LogP contribution in [0, 0.1) is 0 Å². The monoisotopic (exact) mass is 622 g/mol. The van der Waals surface area contributed by atoms with Crippen LogP contribution in [0.25, 0.3) is 0 Å². The number of thiazole rings is 1. The van der Waals surface area contributed by atoms with Gasteiger partial charge in [-0.1, -0.05) is 48.9 Å². The van der Waals surface area contributed by atoms with Crippen LogP contribution in [0.3, 0.4) is 0 Å². The highest BCUT2D eigenvalue weighted by atomic mass is 35.5. The van der Waals surface area contributed by atoms with E-state index in [1.165, 1.54) is 54.6 Å². The molecule has 0 aliphatic carbocycles. The molecule has 2 aromatic heterocycles. The average Bonchev–Trinajstić information content (AvgIpc) is 3.38. The summed E-state index contributed by atoms with van der Waals surface area (Å²) in [7, 11) is -4.30. The van der Waals surface area contributed by atoms with Gasteiger partial charge >= 0.3 is 0 Å². The van der Waals surface area contributed by atoms with E-state index in [0.29, 0.717) is 16.6 Å². The highest BCUT2D eigenvalue weighted by Gasteiger charge is 2.32. The van der Waals surface area contributed by atoms with Crippen molar-refractivity contribution in [1.29, 1.82) is 0 Å². The van der Waals surface area contributed by atoms with Gasteiger partial charge in [-0.2, -0.15) is 0 Å². The highest BCUT2D eigenvalue weighted by molar-refractivity contribution is 7.99. The van der Waals surface area contributed by atoms with Gasteiger partial charge in [0.2, 0.25) is 5.82 Å². The Hall–Kier alpha value is -1.45. The maximum Gasteiger partial charge on any atom is 0.269 e. The summed E-state index contributed by atoms with van der Waals surface area (Å²) in [6.07, 6.45) is 2.26. The van der Waals surface area contributed by atoms with Crippen LogP contribution in [0.4, 0.5) is 5.82 Å². The molecule has 0 saturated carbocycles. The third-order valence-electron chi connectivity index (χ3n) is 4.94. The SMILES string of the molecule is COc1nc(SCC(O)c2nccs2)cnc1N(COCC[Si](C)(C)C)S(=O)(=O)c1cccc(Cl)c1Cl. The van der Waals surface area contributed by atoms with Crippen molar-refractivity contribution in [2.24, 2.45) is 0 Å². The van der Waals surface area contributed by atoms with E-state index in [9.17, 15) is 13.5 Å². The first-order valence-corrected chi connectivity index (χ1v) is 18.9. The second-order valence-electron chi connectivity index (χ2n) is 8.99. The molecule has 3 aromatic rings. The molecule has 0 radical (unpaired) electrons. The van der Waals surface area contributed by atoms with Crippen molar-refractivity contribution in [3.63, 3.8) is 0 Å². The summed E-state index contributed by atoms with van der Waals surface area (Å²) < 4.78 is 39.7. The molecule has 9 nitrogen and oxygen atoms in total. The Morgan fingerprint density at radius 2 is 2.00 bits per heavy atom. The van der Waals surface area contributed by atoms with Gasteiger partial charge < -0.3 is 14.6 Å². The second kappa shape index (κ2) is 13.1. The minimum atomic E-state index is -4.26. The van der Waals surface area contributed by atoms with Crippen molar-refractivity contribution < 1.29 is 23.0 Å². The van der Waals surface area contributed by atoms with Crippen LogP contribution in [-0.4, -0.2) is 62.8 Å². The number of rotatable bonds is 13. The number of aliphatic hydroxyl groups is 1. The fourth-order valence-corrected chi connectivity index (χ4v) is 7.22. The van der Waals surface area contributed by atoms with Crippen LogP contribution < -0.4 is 9.04 Å². The third kappa shape index (κ3) is 8.02. The predicted molar refractivity (Wildman–Crippen MR) is 151 cm³/mol. The van der Waals surface area contributed by atoms with E-state index in [4.69, 9.17) is 32.7 Å². The lowest BCUT2D eigenvalue weighted by Crippen LogP contribution is -2.35. The number of anilines is 1. The van der Waals surface area contributed by atoms with Gasteiger partial charge in [0.1, 0.15) is 27.8 Å². The first-order chi connectivity index (χ1) is 17.4. The van der Waals surface area contributed by atoms with Gasteiger partial charge in [0.15, 0.2) is 0 Å². The predicted octanol–water partition coefficient (Wildman–Crippen LogP) is 5.58. The van der Waals surface area contributed by atoms with Gasteiger partial charge in [-0.05, 0) is 18.2 Å². The van der Waals surface area contributed by atoms with Crippen molar-refractivity contribution in [2.75, 3.05) is 30.5 Å². The molecule has 0 fully saturated rings. The maximum atomic E-state index is 13.7. The van der Waals surface area contributed by atoms with E-state index < -0.39 is 24.2 Å². The molecule has 1 atom stereocenters. The van der Waals surface area contributed by atoms with E-state index in [1.807, 2.05) is 0 Å².